The summed E-state index contributed by atoms with van der Waals surface area (Å²) in [7, 11) is -3.87. The van der Waals surface area contributed by atoms with Gasteiger partial charge in [-0.1, -0.05) is 26.0 Å². The third-order valence-corrected chi connectivity index (χ3v) is 7.31. The summed E-state index contributed by atoms with van der Waals surface area (Å²) in [6, 6.07) is 12.5. The molecule has 0 N–H and O–H groups in total. The van der Waals surface area contributed by atoms with E-state index >= 15 is 0 Å². The summed E-state index contributed by atoms with van der Waals surface area (Å²) < 4.78 is 46.2. The van der Waals surface area contributed by atoms with Crippen LogP contribution < -0.4 is 4.90 Å². The second kappa shape index (κ2) is 8.22. The molecule has 1 aliphatic heterocycles. The zero-order valence-corrected chi connectivity index (χ0v) is 18.0. The summed E-state index contributed by atoms with van der Waals surface area (Å²) in [6.07, 6.45) is 2.74. The number of benzene rings is 2. The molecule has 2 aromatic carbocycles. The first kappa shape index (κ1) is 20.6. The number of oxazole rings is 1. The van der Waals surface area contributed by atoms with E-state index in [0.717, 1.165) is 24.8 Å². The summed E-state index contributed by atoms with van der Waals surface area (Å²) in [4.78, 5) is 6.51. The molecule has 0 spiro atoms. The molecule has 30 heavy (non-hydrogen) atoms. The van der Waals surface area contributed by atoms with Gasteiger partial charge in [-0.25, -0.2) is 12.8 Å². The summed E-state index contributed by atoms with van der Waals surface area (Å²) >= 11 is 0. The Morgan fingerprint density at radius 2 is 1.70 bits per heavy atom. The van der Waals surface area contributed by atoms with E-state index in [1.807, 2.05) is 24.0 Å². The van der Waals surface area contributed by atoms with Crippen LogP contribution in [0.4, 0.5) is 10.3 Å². The number of hydrogen-bond acceptors (Lipinski definition) is 5. The number of sulfone groups is 1. The van der Waals surface area contributed by atoms with Gasteiger partial charge >= 0.3 is 0 Å². The SMILES string of the molecule is CCc1ccc(S(=O)(=O)c2nc(-c3ccc(F)cc3)oc2N2CCC(C)CC2)cc1. The molecule has 7 heteroatoms. The predicted molar refractivity (Wildman–Crippen MR) is 114 cm³/mol. The molecule has 0 radical (unpaired) electrons. The zero-order chi connectivity index (χ0) is 21.3. The Morgan fingerprint density at radius 3 is 2.30 bits per heavy atom. The number of aromatic nitrogens is 1. The lowest BCUT2D eigenvalue weighted by Crippen LogP contribution is -2.33. The van der Waals surface area contributed by atoms with Crippen LogP contribution in [0.25, 0.3) is 11.5 Å². The van der Waals surface area contributed by atoms with Gasteiger partial charge in [0.2, 0.25) is 26.6 Å². The van der Waals surface area contributed by atoms with Crippen molar-refractivity contribution in [2.45, 2.75) is 43.0 Å². The summed E-state index contributed by atoms with van der Waals surface area (Å²) in [6.45, 7) is 5.62. The van der Waals surface area contributed by atoms with Gasteiger partial charge in [0.15, 0.2) is 0 Å². The minimum atomic E-state index is -3.87. The minimum absolute atomic E-state index is 0.0828. The van der Waals surface area contributed by atoms with E-state index < -0.39 is 9.84 Å². The Morgan fingerprint density at radius 1 is 1.07 bits per heavy atom. The summed E-state index contributed by atoms with van der Waals surface area (Å²) in [5.74, 6) is 0.648. The van der Waals surface area contributed by atoms with Crippen LogP contribution in [0.15, 0.2) is 62.9 Å². The molecule has 1 aliphatic rings. The molecule has 0 aliphatic carbocycles. The Bertz CT molecular complexity index is 1110. The van der Waals surface area contributed by atoms with E-state index in [1.165, 1.54) is 24.3 Å². The molecular formula is C23H25FN2O3S. The molecule has 0 bridgehead atoms. The number of hydrogen-bond donors (Lipinski definition) is 0. The molecule has 0 atom stereocenters. The van der Waals surface area contributed by atoms with Crippen molar-refractivity contribution in [2.75, 3.05) is 18.0 Å². The Hall–Kier alpha value is -2.67. The van der Waals surface area contributed by atoms with Crippen molar-refractivity contribution in [3.63, 3.8) is 0 Å². The number of aryl methyl sites for hydroxylation is 1. The van der Waals surface area contributed by atoms with Crippen LogP contribution >= 0.6 is 0 Å². The molecule has 0 unspecified atom stereocenters. The number of halogens is 1. The van der Waals surface area contributed by atoms with Crippen LogP contribution in [-0.2, 0) is 16.3 Å². The quantitative estimate of drug-likeness (QED) is 0.565. The first-order valence-electron chi connectivity index (χ1n) is 10.2. The van der Waals surface area contributed by atoms with E-state index in [0.29, 0.717) is 24.6 Å². The Labute approximate surface area is 176 Å². The molecule has 1 aromatic heterocycles. The average molecular weight is 429 g/mol. The van der Waals surface area contributed by atoms with Crippen LogP contribution in [-0.4, -0.2) is 26.5 Å². The second-order valence-electron chi connectivity index (χ2n) is 7.81. The van der Waals surface area contributed by atoms with Crippen molar-refractivity contribution in [2.24, 2.45) is 5.92 Å². The van der Waals surface area contributed by atoms with Gasteiger partial charge in [-0.05, 0) is 67.1 Å². The van der Waals surface area contributed by atoms with Gasteiger partial charge in [0.1, 0.15) is 5.82 Å². The first-order chi connectivity index (χ1) is 14.4. The molecular weight excluding hydrogens is 403 g/mol. The van der Waals surface area contributed by atoms with Gasteiger partial charge < -0.3 is 9.32 Å². The van der Waals surface area contributed by atoms with E-state index in [9.17, 15) is 12.8 Å². The topological polar surface area (TPSA) is 63.4 Å². The van der Waals surface area contributed by atoms with Crippen LogP contribution in [0.2, 0.25) is 0 Å². The lowest BCUT2D eigenvalue weighted by Gasteiger charge is -2.30. The second-order valence-corrected chi connectivity index (χ2v) is 9.67. The minimum Gasteiger partial charge on any atom is -0.419 e. The van der Waals surface area contributed by atoms with E-state index in [-0.39, 0.29) is 27.5 Å². The first-order valence-corrected chi connectivity index (χ1v) is 11.7. The van der Waals surface area contributed by atoms with Gasteiger partial charge in [0, 0.05) is 18.7 Å². The molecule has 4 rings (SSSR count). The molecule has 0 saturated carbocycles. The fourth-order valence-electron chi connectivity index (χ4n) is 3.62. The predicted octanol–water partition coefficient (Wildman–Crippen LogP) is 5.11. The molecule has 2 heterocycles. The highest BCUT2D eigenvalue weighted by Gasteiger charge is 2.32. The average Bonchev–Trinajstić information content (AvgIpc) is 3.21. The normalized spacial score (nSPS) is 15.5. The summed E-state index contributed by atoms with van der Waals surface area (Å²) in [5.41, 5.74) is 1.59. The third kappa shape index (κ3) is 3.99. The van der Waals surface area contributed by atoms with Crippen molar-refractivity contribution >= 4 is 15.7 Å². The van der Waals surface area contributed by atoms with Crippen molar-refractivity contribution in [3.8, 4) is 11.5 Å². The van der Waals surface area contributed by atoms with Crippen LogP contribution in [0.1, 0.15) is 32.3 Å². The van der Waals surface area contributed by atoms with Crippen molar-refractivity contribution < 1.29 is 17.2 Å². The van der Waals surface area contributed by atoms with Crippen molar-refractivity contribution in [3.05, 3.63) is 59.9 Å². The number of nitrogens with zero attached hydrogens (tertiary/aromatic N) is 2. The molecule has 1 fully saturated rings. The standard InChI is InChI=1S/C23H25FN2O3S/c1-3-17-4-10-20(11-5-17)30(27,28)22-23(26-14-12-16(2)13-15-26)29-21(25-22)18-6-8-19(24)9-7-18/h4-11,16H,3,12-15H2,1-2H3. The largest absolute Gasteiger partial charge is 0.419 e. The molecule has 1 saturated heterocycles. The lowest BCUT2D eigenvalue weighted by molar-refractivity contribution is 0.415. The van der Waals surface area contributed by atoms with E-state index in [2.05, 4.69) is 11.9 Å². The molecule has 0 amide bonds. The van der Waals surface area contributed by atoms with Crippen molar-refractivity contribution in [1.29, 1.82) is 0 Å². The van der Waals surface area contributed by atoms with Gasteiger partial charge in [0.25, 0.3) is 0 Å². The number of piperidine rings is 1. The maximum absolute atomic E-state index is 13.5. The summed E-state index contributed by atoms with van der Waals surface area (Å²) in [5, 5.41) is -0.0828. The number of anilines is 1. The molecule has 5 nitrogen and oxygen atoms in total. The van der Waals surface area contributed by atoms with Crippen molar-refractivity contribution in [1.82, 2.24) is 4.98 Å². The van der Waals surface area contributed by atoms with E-state index in [1.54, 1.807) is 12.1 Å². The third-order valence-electron chi connectivity index (χ3n) is 5.64. The van der Waals surface area contributed by atoms with Crippen LogP contribution in [0, 0.1) is 11.7 Å². The monoisotopic (exact) mass is 428 g/mol. The maximum atomic E-state index is 13.5. The van der Waals surface area contributed by atoms with Gasteiger partial charge in [0.05, 0.1) is 4.90 Å². The Kier molecular flexibility index (Phi) is 5.64. The van der Waals surface area contributed by atoms with Gasteiger partial charge in [-0.15, -0.1) is 0 Å². The lowest BCUT2D eigenvalue weighted by atomic mass is 9.99. The fourth-order valence-corrected chi connectivity index (χ4v) is 4.94. The smallest absolute Gasteiger partial charge is 0.236 e. The highest BCUT2D eigenvalue weighted by molar-refractivity contribution is 7.91. The maximum Gasteiger partial charge on any atom is 0.236 e. The van der Waals surface area contributed by atoms with Crippen LogP contribution in [0.3, 0.4) is 0 Å². The zero-order valence-electron chi connectivity index (χ0n) is 17.1. The van der Waals surface area contributed by atoms with Gasteiger partial charge in [-0.3, -0.25) is 0 Å². The fraction of sp³-hybridized carbons (Fsp3) is 0.348. The van der Waals surface area contributed by atoms with Gasteiger partial charge in [-0.2, -0.15) is 4.98 Å². The molecule has 158 valence electrons. The van der Waals surface area contributed by atoms with Crippen LogP contribution in [0.5, 0.6) is 0 Å². The Balaban J connectivity index is 1.80. The number of rotatable bonds is 5. The molecule has 3 aromatic rings. The highest BCUT2D eigenvalue weighted by Crippen LogP contribution is 2.36. The van der Waals surface area contributed by atoms with E-state index in [4.69, 9.17) is 4.42 Å². The highest BCUT2D eigenvalue weighted by atomic mass is 32.2.